The van der Waals surface area contributed by atoms with Gasteiger partial charge in [0.1, 0.15) is 12.4 Å². The molecule has 1 aliphatic rings. The third-order valence-corrected chi connectivity index (χ3v) is 4.81. The smallest absolute Gasteiger partial charge is 0.266 e. The molecule has 0 saturated carbocycles. The Morgan fingerprint density at radius 3 is 2.71 bits per heavy atom. The van der Waals surface area contributed by atoms with Gasteiger partial charge in [0, 0.05) is 18.2 Å². The van der Waals surface area contributed by atoms with Crippen molar-refractivity contribution in [2.24, 2.45) is 5.92 Å². The molecule has 28 heavy (non-hydrogen) atoms. The third kappa shape index (κ3) is 3.96. The Balaban J connectivity index is 1.36. The molecule has 0 unspecified atom stereocenters. The average Bonchev–Trinajstić information content (AvgIpc) is 2.75. The van der Waals surface area contributed by atoms with Gasteiger partial charge in [-0.05, 0) is 24.1 Å². The number of fused-ring (bicyclic) bond motifs is 1. The Kier molecular flexibility index (Phi) is 5.19. The summed E-state index contributed by atoms with van der Waals surface area (Å²) < 4.78 is 7.06. The Morgan fingerprint density at radius 1 is 1.07 bits per heavy atom. The van der Waals surface area contributed by atoms with Crippen molar-refractivity contribution < 1.29 is 9.53 Å². The van der Waals surface area contributed by atoms with Crippen molar-refractivity contribution in [1.29, 1.82) is 0 Å². The van der Waals surface area contributed by atoms with Crippen LogP contribution in [0.1, 0.15) is 5.56 Å². The first-order chi connectivity index (χ1) is 13.7. The van der Waals surface area contributed by atoms with E-state index < -0.39 is 0 Å². The van der Waals surface area contributed by atoms with Crippen molar-refractivity contribution in [3.63, 3.8) is 0 Å². The molecule has 1 aromatic heterocycles. The predicted octanol–water partition coefficient (Wildman–Crippen LogP) is 2.28. The van der Waals surface area contributed by atoms with E-state index in [9.17, 15) is 9.59 Å². The van der Waals surface area contributed by atoms with Crippen LogP contribution in [0.25, 0.3) is 11.3 Å². The van der Waals surface area contributed by atoms with E-state index in [4.69, 9.17) is 4.74 Å². The molecular formula is C22H21N3O3. The molecule has 0 fully saturated rings. The van der Waals surface area contributed by atoms with Crippen molar-refractivity contribution in [1.82, 2.24) is 15.1 Å². The second-order valence-corrected chi connectivity index (χ2v) is 6.76. The molecule has 6 nitrogen and oxygen atoms in total. The van der Waals surface area contributed by atoms with Gasteiger partial charge in [0.05, 0.1) is 18.2 Å². The Morgan fingerprint density at radius 2 is 1.86 bits per heavy atom. The number of aromatic nitrogens is 2. The fraction of sp³-hybridized carbons (Fsp3) is 0.227. The van der Waals surface area contributed by atoms with Crippen LogP contribution in [0, 0.1) is 5.92 Å². The first-order valence-electron chi connectivity index (χ1n) is 9.33. The largest absolute Gasteiger partial charge is 0.492 e. The Bertz CT molecular complexity index is 1030. The highest BCUT2D eigenvalue weighted by atomic mass is 16.5. The van der Waals surface area contributed by atoms with Crippen LogP contribution in [0.2, 0.25) is 0 Å². The van der Waals surface area contributed by atoms with Crippen LogP contribution in [-0.4, -0.2) is 28.8 Å². The molecule has 1 aliphatic heterocycles. The fourth-order valence-electron chi connectivity index (χ4n) is 3.30. The lowest BCUT2D eigenvalue weighted by atomic mass is 9.96. The van der Waals surface area contributed by atoms with Gasteiger partial charge in [0.15, 0.2) is 0 Å². The van der Waals surface area contributed by atoms with Gasteiger partial charge in [0.2, 0.25) is 5.91 Å². The molecule has 1 amide bonds. The zero-order chi connectivity index (χ0) is 19.3. The molecular weight excluding hydrogens is 354 g/mol. The van der Waals surface area contributed by atoms with Gasteiger partial charge < -0.3 is 10.1 Å². The van der Waals surface area contributed by atoms with Gasteiger partial charge in [-0.3, -0.25) is 9.59 Å². The van der Waals surface area contributed by atoms with Crippen LogP contribution in [0.15, 0.2) is 71.5 Å². The van der Waals surface area contributed by atoms with Gasteiger partial charge >= 0.3 is 0 Å². The summed E-state index contributed by atoms with van der Waals surface area (Å²) in [5, 5.41) is 7.31. The van der Waals surface area contributed by atoms with Crippen molar-refractivity contribution in [2.75, 3.05) is 13.2 Å². The van der Waals surface area contributed by atoms with Gasteiger partial charge in [-0.15, -0.1) is 0 Å². The topological polar surface area (TPSA) is 73.2 Å². The van der Waals surface area contributed by atoms with E-state index >= 15 is 0 Å². The maximum Gasteiger partial charge on any atom is 0.266 e. The summed E-state index contributed by atoms with van der Waals surface area (Å²) in [5.74, 6) is 0.553. The summed E-state index contributed by atoms with van der Waals surface area (Å²) in [6.45, 7) is 1.02. The maximum absolute atomic E-state index is 12.5. The second-order valence-electron chi connectivity index (χ2n) is 6.76. The van der Waals surface area contributed by atoms with E-state index in [2.05, 4.69) is 10.4 Å². The minimum Gasteiger partial charge on any atom is -0.492 e. The van der Waals surface area contributed by atoms with E-state index in [0.29, 0.717) is 26.1 Å². The zero-order valence-electron chi connectivity index (χ0n) is 15.4. The summed E-state index contributed by atoms with van der Waals surface area (Å²) >= 11 is 0. The van der Waals surface area contributed by atoms with E-state index in [1.54, 1.807) is 6.07 Å². The number of nitrogens with one attached hydrogen (secondary N) is 1. The summed E-state index contributed by atoms with van der Waals surface area (Å²) in [4.78, 5) is 24.6. The van der Waals surface area contributed by atoms with E-state index in [0.717, 1.165) is 22.6 Å². The molecule has 1 atom stereocenters. The number of amides is 1. The van der Waals surface area contributed by atoms with Crippen LogP contribution in [0.3, 0.4) is 0 Å². The molecule has 0 bridgehead atoms. The van der Waals surface area contributed by atoms with Crippen LogP contribution >= 0.6 is 0 Å². The van der Waals surface area contributed by atoms with E-state index in [1.807, 2.05) is 54.6 Å². The highest BCUT2D eigenvalue weighted by Gasteiger charge is 2.25. The first kappa shape index (κ1) is 18.0. The number of hydrogen-bond donors (Lipinski definition) is 1. The molecule has 0 spiro atoms. The monoisotopic (exact) mass is 375 g/mol. The third-order valence-electron chi connectivity index (χ3n) is 4.81. The normalized spacial score (nSPS) is 15.4. The SMILES string of the molecule is O=C(NCCn1nc(-c2ccccc2)ccc1=O)[C@@H]1COc2ccccc2C1. The Hall–Kier alpha value is -3.41. The lowest BCUT2D eigenvalue weighted by Gasteiger charge is -2.24. The number of rotatable bonds is 5. The number of carbonyl (C=O) groups is 1. The molecule has 2 heterocycles. The van der Waals surface area contributed by atoms with Crippen molar-refractivity contribution in [3.8, 4) is 17.0 Å². The van der Waals surface area contributed by atoms with Crippen LogP contribution in [0.4, 0.5) is 0 Å². The highest BCUT2D eigenvalue weighted by molar-refractivity contribution is 5.79. The number of carbonyl (C=O) groups excluding carboxylic acids is 1. The molecule has 4 rings (SSSR count). The van der Waals surface area contributed by atoms with Crippen molar-refractivity contribution in [3.05, 3.63) is 82.6 Å². The average molecular weight is 375 g/mol. The lowest BCUT2D eigenvalue weighted by molar-refractivity contribution is -0.126. The zero-order valence-corrected chi connectivity index (χ0v) is 15.4. The van der Waals surface area contributed by atoms with Gasteiger partial charge in [-0.2, -0.15) is 5.10 Å². The summed E-state index contributed by atoms with van der Waals surface area (Å²) in [6.07, 6.45) is 0.656. The number of ether oxygens (including phenoxy) is 1. The van der Waals surface area contributed by atoms with E-state index in [1.165, 1.54) is 10.7 Å². The molecule has 2 aromatic carbocycles. The number of para-hydroxylation sites is 1. The maximum atomic E-state index is 12.5. The fourth-order valence-corrected chi connectivity index (χ4v) is 3.30. The van der Waals surface area contributed by atoms with Crippen molar-refractivity contribution in [2.45, 2.75) is 13.0 Å². The predicted molar refractivity (Wildman–Crippen MR) is 106 cm³/mol. The number of hydrogen-bond acceptors (Lipinski definition) is 4. The molecule has 0 radical (unpaired) electrons. The molecule has 0 aliphatic carbocycles. The molecule has 142 valence electrons. The van der Waals surface area contributed by atoms with Crippen molar-refractivity contribution >= 4 is 5.91 Å². The van der Waals surface area contributed by atoms with Crippen LogP contribution in [0.5, 0.6) is 5.75 Å². The van der Waals surface area contributed by atoms with Gasteiger partial charge in [-0.1, -0.05) is 48.5 Å². The quantitative estimate of drug-likeness (QED) is 0.743. The van der Waals surface area contributed by atoms with Crippen LogP contribution < -0.4 is 15.6 Å². The van der Waals surface area contributed by atoms with Gasteiger partial charge in [0.25, 0.3) is 5.56 Å². The minimum atomic E-state index is -0.227. The van der Waals surface area contributed by atoms with Crippen LogP contribution in [-0.2, 0) is 17.8 Å². The number of nitrogens with zero attached hydrogens (tertiary/aromatic N) is 2. The van der Waals surface area contributed by atoms with E-state index in [-0.39, 0.29) is 17.4 Å². The molecule has 0 saturated heterocycles. The summed E-state index contributed by atoms with van der Waals surface area (Å²) in [6, 6.07) is 20.7. The molecule has 6 heteroatoms. The summed E-state index contributed by atoms with van der Waals surface area (Å²) in [5.41, 5.74) is 2.52. The first-order valence-corrected chi connectivity index (χ1v) is 9.33. The lowest BCUT2D eigenvalue weighted by Crippen LogP contribution is -2.39. The highest BCUT2D eigenvalue weighted by Crippen LogP contribution is 2.26. The second kappa shape index (κ2) is 8.08. The number of benzene rings is 2. The summed E-state index contributed by atoms with van der Waals surface area (Å²) in [7, 11) is 0. The van der Waals surface area contributed by atoms with Gasteiger partial charge in [-0.25, -0.2) is 4.68 Å². The standard InChI is InChI=1S/C22H21N3O3/c26-21-11-10-19(16-6-2-1-3-7-16)24-25(21)13-12-23-22(27)18-14-17-8-4-5-9-20(17)28-15-18/h1-11,18H,12-15H2,(H,23,27)/t18-/m0/s1. The molecule has 1 N–H and O–H groups in total. The Labute approximate surface area is 162 Å². The minimum absolute atomic E-state index is 0.0678. The molecule has 3 aromatic rings.